The Morgan fingerprint density at radius 1 is 1.10 bits per heavy atom. The molecule has 116 valence electrons. The van der Waals surface area contributed by atoms with Crippen molar-refractivity contribution in [2.45, 2.75) is 77.2 Å². The standard InChI is InChI=1S/C17H30BrNO/c1-3-17(4-2,12-18)19-16(20)15-10-9-13-7-5-6-8-14(13)11-15/h13-15H,3-12H2,1-2H3,(H,19,20). The van der Waals surface area contributed by atoms with Crippen LogP contribution in [0.15, 0.2) is 0 Å². The van der Waals surface area contributed by atoms with E-state index in [1.807, 2.05) is 0 Å². The van der Waals surface area contributed by atoms with Gasteiger partial charge in [-0.05, 0) is 43.9 Å². The maximum absolute atomic E-state index is 12.6. The monoisotopic (exact) mass is 343 g/mol. The predicted molar refractivity (Wildman–Crippen MR) is 88.0 cm³/mol. The molecule has 0 saturated heterocycles. The minimum atomic E-state index is -0.0412. The first-order valence-corrected chi connectivity index (χ1v) is 9.64. The lowest BCUT2D eigenvalue weighted by atomic mass is 9.67. The van der Waals surface area contributed by atoms with Crippen LogP contribution in [0.2, 0.25) is 0 Å². The Morgan fingerprint density at radius 2 is 1.75 bits per heavy atom. The summed E-state index contributed by atoms with van der Waals surface area (Å²) in [6.45, 7) is 4.34. The summed E-state index contributed by atoms with van der Waals surface area (Å²) in [5, 5.41) is 4.22. The third kappa shape index (κ3) is 3.58. The van der Waals surface area contributed by atoms with Crippen LogP contribution in [-0.2, 0) is 4.79 Å². The fourth-order valence-electron chi connectivity index (χ4n) is 4.12. The van der Waals surface area contributed by atoms with E-state index in [4.69, 9.17) is 0 Å². The lowest BCUT2D eigenvalue weighted by Gasteiger charge is -2.40. The van der Waals surface area contributed by atoms with Crippen molar-refractivity contribution in [2.24, 2.45) is 17.8 Å². The summed E-state index contributed by atoms with van der Waals surface area (Å²) in [5.74, 6) is 2.34. The van der Waals surface area contributed by atoms with Crippen molar-refractivity contribution in [1.29, 1.82) is 0 Å². The number of halogens is 1. The van der Waals surface area contributed by atoms with E-state index < -0.39 is 0 Å². The molecule has 2 nitrogen and oxygen atoms in total. The third-order valence-electron chi connectivity index (χ3n) is 5.91. The number of fused-ring (bicyclic) bond motifs is 1. The van der Waals surface area contributed by atoms with Gasteiger partial charge in [0.15, 0.2) is 0 Å². The van der Waals surface area contributed by atoms with Gasteiger partial charge in [0.05, 0.1) is 0 Å². The second-order valence-corrected chi connectivity index (χ2v) is 7.49. The Hall–Kier alpha value is -0.0500. The van der Waals surface area contributed by atoms with Crippen LogP contribution >= 0.6 is 15.9 Å². The topological polar surface area (TPSA) is 29.1 Å². The zero-order valence-corrected chi connectivity index (χ0v) is 14.7. The van der Waals surface area contributed by atoms with Crippen LogP contribution in [0, 0.1) is 17.8 Å². The van der Waals surface area contributed by atoms with Crippen LogP contribution in [0.3, 0.4) is 0 Å². The van der Waals surface area contributed by atoms with Gasteiger partial charge in [-0.15, -0.1) is 0 Å². The van der Waals surface area contributed by atoms with Crippen molar-refractivity contribution >= 4 is 21.8 Å². The second-order valence-electron chi connectivity index (χ2n) is 6.92. The normalized spacial score (nSPS) is 30.6. The Kier molecular flexibility index (Phi) is 5.95. The molecule has 0 spiro atoms. The Labute approximate surface area is 132 Å². The van der Waals surface area contributed by atoms with E-state index in [0.29, 0.717) is 5.91 Å². The first kappa shape index (κ1) is 16.3. The third-order valence-corrected chi connectivity index (χ3v) is 6.98. The van der Waals surface area contributed by atoms with Crippen molar-refractivity contribution in [3.8, 4) is 0 Å². The van der Waals surface area contributed by atoms with E-state index in [9.17, 15) is 4.79 Å². The highest BCUT2D eigenvalue weighted by atomic mass is 79.9. The molecule has 0 aromatic rings. The Bertz CT molecular complexity index is 319. The fraction of sp³-hybridized carbons (Fsp3) is 0.941. The van der Waals surface area contributed by atoms with E-state index >= 15 is 0 Å². The molecule has 2 saturated carbocycles. The van der Waals surface area contributed by atoms with E-state index in [0.717, 1.165) is 42.8 Å². The summed E-state index contributed by atoms with van der Waals surface area (Å²) in [5.41, 5.74) is -0.0412. The number of amides is 1. The number of hydrogen-bond donors (Lipinski definition) is 1. The van der Waals surface area contributed by atoms with Crippen LogP contribution in [0.5, 0.6) is 0 Å². The molecule has 0 radical (unpaired) electrons. The van der Waals surface area contributed by atoms with Gasteiger partial charge in [-0.25, -0.2) is 0 Å². The highest BCUT2D eigenvalue weighted by molar-refractivity contribution is 9.09. The lowest BCUT2D eigenvalue weighted by Crippen LogP contribution is -2.52. The minimum Gasteiger partial charge on any atom is -0.350 e. The van der Waals surface area contributed by atoms with Crippen LogP contribution in [0.4, 0.5) is 0 Å². The summed E-state index contributed by atoms with van der Waals surface area (Å²) in [6.07, 6.45) is 11.1. The predicted octanol–water partition coefficient (Wildman–Crippen LogP) is 4.66. The van der Waals surface area contributed by atoms with Crippen LogP contribution in [0.1, 0.15) is 71.6 Å². The van der Waals surface area contributed by atoms with Crippen molar-refractivity contribution in [2.75, 3.05) is 5.33 Å². The Morgan fingerprint density at radius 3 is 2.35 bits per heavy atom. The average Bonchev–Trinajstić information content (AvgIpc) is 2.52. The molecule has 3 heteroatoms. The van der Waals surface area contributed by atoms with Crippen LogP contribution in [-0.4, -0.2) is 16.8 Å². The number of nitrogens with one attached hydrogen (secondary N) is 1. The van der Waals surface area contributed by atoms with Gasteiger partial charge < -0.3 is 5.32 Å². The van der Waals surface area contributed by atoms with Gasteiger partial charge in [-0.1, -0.05) is 55.5 Å². The fourth-order valence-corrected chi connectivity index (χ4v) is 5.06. The van der Waals surface area contributed by atoms with E-state index in [2.05, 4.69) is 35.1 Å². The van der Waals surface area contributed by atoms with E-state index in [1.54, 1.807) is 0 Å². The zero-order chi connectivity index (χ0) is 14.6. The van der Waals surface area contributed by atoms with Crippen molar-refractivity contribution in [3.63, 3.8) is 0 Å². The molecular formula is C17H30BrNO. The molecule has 3 unspecified atom stereocenters. The summed E-state index contributed by atoms with van der Waals surface area (Å²) in [7, 11) is 0. The summed E-state index contributed by atoms with van der Waals surface area (Å²) in [4.78, 5) is 12.6. The molecule has 0 aromatic carbocycles. The highest BCUT2D eigenvalue weighted by Crippen LogP contribution is 2.42. The average molecular weight is 344 g/mol. The first-order valence-electron chi connectivity index (χ1n) is 8.52. The molecule has 20 heavy (non-hydrogen) atoms. The van der Waals surface area contributed by atoms with Gasteiger partial charge in [0, 0.05) is 16.8 Å². The molecule has 1 amide bonds. The largest absolute Gasteiger partial charge is 0.350 e. The van der Waals surface area contributed by atoms with Crippen molar-refractivity contribution in [1.82, 2.24) is 5.32 Å². The number of hydrogen-bond acceptors (Lipinski definition) is 1. The molecule has 2 aliphatic carbocycles. The number of alkyl halides is 1. The first-order chi connectivity index (χ1) is 9.64. The second kappa shape index (κ2) is 7.29. The van der Waals surface area contributed by atoms with Gasteiger partial charge in [0.25, 0.3) is 0 Å². The van der Waals surface area contributed by atoms with E-state index in [-0.39, 0.29) is 11.5 Å². The van der Waals surface area contributed by atoms with Gasteiger partial charge in [0.2, 0.25) is 5.91 Å². The van der Waals surface area contributed by atoms with Gasteiger partial charge in [-0.3, -0.25) is 4.79 Å². The van der Waals surface area contributed by atoms with Crippen molar-refractivity contribution in [3.05, 3.63) is 0 Å². The molecule has 3 atom stereocenters. The SMILES string of the molecule is CCC(CC)(CBr)NC(=O)C1CCC2CCCCC2C1. The number of carbonyl (C=O) groups is 1. The molecule has 0 aromatic heterocycles. The smallest absolute Gasteiger partial charge is 0.223 e. The van der Waals surface area contributed by atoms with Gasteiger partial charge in [0.1, 0.15) is 0 Å². The lowest BCUT2D eigenvalue weighted by molar-refractivity contribution is -0.129. The molecule has 0 bridgehead atoms. The minimum absolute atomic E-state index is 0.0412. The molecule has 2 aliphatic rings. The number of rotatable bonds is 5. The van der Waals surface area contributed by atoms with Crippen LogP contribution in [0.25, 0.3) is 0 Å². The summed E-state index contributed by atoms with van der Waals surface area (Å²) >= 11 is 3.59. The van der Waals surface area contributed by atoms with Crippen molar-refractivity contribution < 1.29 is 4.79 Å². The summed E-state index contributed by atoms with van der Waals surface area (Å²) in [6, 6.07) is 0. The maximum Gasteiger partial charge on any atom is 0.223 e. The molecule has 1 N–H and O–H groups in total. The quantitative estimate of drug-likeness (QED) is 0.722. The van der Waals surface area contributed by atoms with Crippen LogP contribution < -0.4 is 5.32 Å². The molecule has 2 rings (SSSR count). The van der Waals surface area contributed by atoms with Gasteiger partial charge in [-0.2, -0.15) is 0 Å². The maximum atomic E-state index is 12.6. The zero-order valence-electron chi connectivity index (χ0n) is 13.1. The summed E-state index contributed by atoms with van der Waals surface area (Å²) < 4.78 is 0. The molecule has 2 fully saturated rings. The molecule has 0 aliphatic heterocycles. The van der Waals surface area contributed by atoms with Gasteiger partial charge >= 0.3 is 0 Å². The highest BCUT2D eigenvalue weighted by Gasteiger charge is 2.37. The Balaban J connectivity index is 1.92. The van der Waals surface area contributed by atoms with E-state index in [1.165, 1.54) is 32.1 Å². The molecular weight excluding hydrogens is 314 g/mol. The molecule has 0 heterocycles. The number of carbonyl (C=O) groups excluding carboxylic acids is 1.